The van der Waals surface area contributed by atoms with Crippen LogP contribution in [0.3, 0.4) is 0 Å². The zero-order chi connectivity index (χ0) is 18.5. The minimum atomic E-state index is -0.294. The van der Waals surface area contributed by atoms with E-state index in [-0.39, 0.29) is 11.9 Å². The zero-order valence-corrected chi connectivity index (χ0v) is 15.0. The number of benzene rings is 2. The Morgan fingerprint density at radius 1 is 1.19 bits per heavy atom. The smallest absolute Gasteiger partial charge is 0.319 e. The molecule has 26 heavy (non-hydrogen) atoms. The van der Waals surface area contributed by atoms with Gasteiger partial charge in [0.05, 0.1) is 12.8 Å². The van der Waals surface area contributed by atoms with Crippen LogP contribution in [-0.2, 0) is 17.8 Å². The molecule has 136 valence electrons. The first-order chi connectivity index (χ1) is 12.6. The van der Waals surface area contributed by atoms with E-state index in [1.807, 2.05) is 36.1 Å². The summed E-state index contributed by atoms with van der Waals surface area (Å²) >= 11 is 0. The molecule has 0 aliphatic carbocycles. The Hall–Kier alpha value is -3.02. The molecular formula is C20H23N3O3. The normalized spacial score (nSPS) is 12.5. The summed E-state index contributed by atoms with van der Waals surface area (Å²) in [4.78, 5) is 25.9. The molecule has 0 spiro atoms. The van der Waals surface area contributed by atoms with Crippen LogP contribution in [0.2, 0.25) is 0 Å². The Labute approximate surface area is 153 Å². The van der Waals surface area contributed by atoms with E-state index in [2.05, 4.69) is 16.7 Å². The average Bonchev–Trinajstić information content (AvgIpc) is 3.09. The highest BCUT2D eigenvalue weighted by Crippen LogP contribution is 2.29. The van der Waals surface area contributed by atoms with E-state index in [0.29, 0.717) is 24.4 Å². The zero-order valence-electron chi connectivity index (χ0n) is 15.0. The van der Waals surface area contributed by atoms with E-state index in [9.17, 15) is 9.59 Å². The highest BCUT2D eigenvalue weighted by atomic mass is 16.5. The maximum absolute atomic E-state index is 12.1. The first kappa shape index (κ1) is 17.8. The second-order valence-electron chi connectivity index (χ2n) is 6.12. The van der Waals surface area contributed by atoms with Gasteiger partial charge < -0.3 is 20.3 Å². The molecule has 2 aromatic rings. The number of hydrogen-bond donors (Lipinski definition) is 2. The van der Waals surface area contributed by atoms with E-state index in [0.717, 1.165) is 29.8 Å². The minimum absolute atomic E-state index is 0.144. The van der Waals surface area contributed by atoms with Crippen LogP contribution in [-0.4, -0.2) is 25.6 Å². The summed E-state index contributed by atoms with van der Waals surface area (Å²) in [7, 11) is 1.57. The lowest BCUT2D eigenvalue weighted by Gasteiger charge is -2.16. The van der Waals surface area contributed by atoms with E-state index >= 15 is 0 Å². The summed E-state index contributed by atoms with van der Waals surface area (Å²) in [6.07, 6.45) is 1.36. The van der Waals surface area contributed by atoms with Crippen LogP contribution in [0.15, 0.2) is 42.5 Å². The molecule has 0 saturated heterocycles. The van der Waals surface area contributed by atoms with Gasteiger partial charge in [-0.25, -0.2) is 4.79 Å². The number of carbonyl (C=O) groups excluding carboxylic acids is 2. The largest absolute Gasteiger partial charge is 0.495 e. The van der Waals surface area contributed by atoms with E-state index < -0.39 is 0 Å². The molecule has 2 N–H and O–H groups in total. The lowest BCUT2D eigenvalue weighted by Crippen LogP contribution is -2.28. The number of rotatable bonds is 5. The molecule has 0 fully saturated rings. The number of fused-ring (bicyclic) bond motifs is 1. The van der Waals surface area contributed by atoms with Crippen LogP contribution in [0.25, 0.3) is 0 Å². The van der Waals surface area contributed by atoms with Crippen molar-refractivity contribution < 1.29 is 14.3 Å². The molecule has 0 atom stereocenters. The summed E-state index contributed by atoms with van der Waals surface area (Å²) in [5.74, 6) is 0.756. The van der Waals surface area contributed by atoms with Crippen LogP contribution in [0.1, 0.15) is 24.5 Å². The average molecular weight is 353 g/mol. The molecule has 1 heterocycles. The molecular weight excluding hydrogens is 330 g/mol. The van der Waals surface area contributed by atoms with Crippen molar-refractivity contribution in [2.45, 2.75) is 26.3 Å². The molecule has 0 unspecified atom stereocenters. The SMILES string of the molecule is CCC(=O)N1CCc2cc(CNC(=O)Nc3ccccc3OC)ccc21. The Balaban J connectivity index is 1.60. The lowest BCUT2D eigenvalue weighted by molar-refractivity contribution is -0.118. The highest BCUT2D eigenvalue weighted by Gasteiger charge is 2.23. The van der Waals surface area contributed by atoms with E-state index in [1.54, 1.807) is 19.2 Å². The van der Waals surface area contributed by atoms with Crippen LogP contribution in [0.4, 0.5) is 16.2 Å². The summed E-state index contributed by atoms with van der Waals surface area (Å²) in [6, 6.07) is 12.9. The van der Waals surface area contributed by atoms with Gasteiger partial charge in [0.1, 0.15) is 5.75 Å². The number of methoxy groups -OCH3 is 1. The van der Waals surface area contributed by atoms with Crippen molar-refractivity contribution in [2.24, 2.45) is 0 Å². The van der Waals surface area contributed by atoms with Gasteiger partial charge in [0.2, 0.25) is 5.91 Å². The fraction of sp³-hybridized carbons (Fsp3) is 0.300. The summed E-state index contributed by atoms with van der Waals surface area (Å²) in [5, 5.41) is 5.63. The molecule has 0 bridgehead atoms. The molecule has 1 aliphatic heterocycles. The number of anilines is 2. The van der Waals surface area contributed by atoms with Crippen molar-refractivity contribution in [2.75, 3.05) is 23.9 Å². The van der Waals surface area contributed by atoms with Crippen molar-refractivity contribution in [3.63, 3.8) is 0 Å². The summed E-state index contributed by atoms with van der Waals surface area (Å²) in [5.41, 5.74) is 3.76. The molecule has 2 aromatic carbocycles. The van der Waals surface area contributed by atoms with Crippen molar-refractivity contribution in [3.8, 4) is 5.75 Å². The van der Waals surface area contributed by atoms with Gasteiger partial charge in [0.25, 0.3) is 0 Å². The number of nitrogens with zero attached hydrogens (tertiary/aromatic N) is 1. The Bertz CT molecular complexity index is 820. The van der Waals surface area contributed by atoms with Crippen LogP contribution in [0, 0.1) is 0 Å². The standard InChI is InChI=1S/C20H23N3O3/c1-3-19(24)23-11-10-15-12-14(8-9-17(15)23)13-21-20(25)22-16-6-4-5-7-18(16)26-2/h4-9,12H,3,10-11,13H2,1-2H3,(H2,21,22,25). The molecule has 3 amide bonds. The second-order valence-corrected chi connectivity index (χ2v) is 6.12. The number of carbonyl (C=O) groups is 2. The van der Waals surface area contributed by atoms with Gasteiger partial charge in [-0.3, -0.25) is 4.79 Å². The van der Waals surface area contributed by atoms with Crippen molar-refractivity contribution in [3.05, 3.63) is 53.6 Å². The third kappa shape index (κ3) is 3.79. The van der Waals surface area contributed by atoms with E-state index in [1.165, 1.54) is 0 Å². The lowest BCUT2D eigenvalue weighted by atomic mass is 10.1. The third-order valence-corrected chi connectivity index (χ3v) is 4.45. The fourth-order valence-electron chi connectivity index (χ4n) is 3.11. The maximum atomic E-state index is 12.1. The quantitative estimate of drug-likeness (QED) is 0.866. The van der Waals surface area contributed by atoms with Gasteiger partial charge in [-0.05, 0) is 35.7 Å². The molecule has 0 radical (unpaired) electrons. The number of hydrogen-bond acceptors (Lipinski definition) is 3. The number of para-hydroxylation sites is 2. The van der Waals surface area contributed by atoms with Gasteiger partial charge in [-0.2, -0.15) is 0 Å². The second kappa shape index (κ2) is 7.91. The number of urea groups is 1. The monoisotopic (exact) mass is 353 g/mol. The predicted octanol–water partition coefficient (Wildman–Crippen LogP) is 3.32. The first-order valence-electron chi connectivity index (χ1n) is 8.72. The number of amides is 3. The fourth-order valence-corrected chi connectivity index (χ4v) is 3.11. The van der Waals surface area contributed by atoms with Crippen LogP contribution >= 0.6 is 0 Å². The molecule has 3 rings (SSSR count). The maximum Gasteiger partial charge on any atom is 0.319 e. The third-order valence-electron chi connectivity index (χ3n) is 4.45. The topological polar surface area (TPSA) is 70.7 Å². The summed E-state index contributed by atoms with van der Waals surface area (Å²) in [6.45, 7) is 3.02. The number of nitrogens with one attached hydrogen (secondary N) is 2. The Morgan fingerprint density at radius 3 is 2.77 bits per heavy atom. The van der Waals surface area contributed by atoms with Crippen molar-refractivity contribution in [1.82, 2.24) is 5.32 Å². The summed E-state index contributed by atoms with van der Waals surface area (Å²) < 4.78 is 5.22. The van der Waals surface area contributed by atoms with Gasteiger partial charge in [-0.1, -0.05) is 31.2 Å². The van der Waals surface area contributed by atoms with Crippen LogP contribution < -0.4 is 20.3 Å². The molecule has 1 aliphatic rings. The predicted molar refractivity (Wildman–Crippen MR) is 102 cm³/mol. The van der Waals surface area contributed by atoms with Gasteiger partial charge in [-0.15, -0.1) is 0 Å². The minimum Gasteiger partial charge on any atom is -0.495 e. The molecule has 6 heteroatoms. The van der Waals surface area contributed by atoms with Crippen molar-refractivity contribution >= 4 is 23.3 Å². The first-order valence-corrected chi connectivity index (χ1v) is 8.72. The Morgan fingerprint density at radius 2 is 2.00 bits per heavy atom. The van der Waals surface area contributed by atoms with Gasteiger partial charge >= 0.3 is 6.03 Å². The molecule has 0 saturated carbocycles. The highest BCUT2D eigenvalue weighted by molar-refractivity contribution is 5.95. The van der Waals surface area contributed by atoms with Crippen LogP contribution in [0.5, 0.6) is 5.75 Å². The van der Waals surface area contributed by atoms with Gasteiger partial charge in [0.15, 0.2) is 0 Å². The molecule has 6 nitrogen and oxygen atoms in total. The van der Waals surface area contributed by atoms with Gasteiger partial charge in [0, 0.05) is 25.2 Å². The Kier molecular flexibility index (Phi) is 5.41. The van der Waals surface area contributed by atoms with E-state index in [4.69, 9.17) is 4.74 Å². The van der Waals surface area contributed by atoms with Crippen molar-refractivity contribution in [1.29, 1.82) is 0 Å². The molecule has 0 aromatic heterocycles. The number of ether oxygens (including phenoxy) is 1.